The van der Waals surface area contributed by atoms with Crippen LogP contribution >= 0.6 is 11.6 Å². The Bertz CT molecular complexity index is 748. The first-order chi connectivity index (χ1) is 10.9. The van der Waals surface area contributed by atoms with Crippen LogP contribution in [0.1, 0.15) is 15.9 Å². The van der Waals surface area contributed by atoms with E-state index in [4.69, 9.17) is 16.3 Å². The van der Waals surface area contributed by atoms with E-state index >= 15 is 0 Å². The van der Waals surface area contributed by atoms with Crippen molar-refractivity contribution in [3.63, 3.8) is 0 Å². The van der Waals surface area contributed by atoms with Crippen LogP contribution in [0.2, 0.25) is 5.02 Å². The fourth-order valence-electron chi connectivity index (χ4n) is 2.10. The van der Waals surface area contributed by atoms with Crippen molar-refractivity contribution in [2.75, 3.05) is 14.2 Å². The number of halogens is 2. The standard InChI is InChI=1S/C17H15ClFNO3/c1-20(10-11-5-3-4-6-14(11)18)17(22)16(21)13-9-12(19)7-8-15(13)23-2/h3-9H,10H2,1-2H3. The minimum atomic E-state index is -0.837. The summed E-state index contributed by atoms with van der Waals surface area (Å²) in [5, 5.41) is 0.503. The van der Waals surface area contributed by atoms with Gasteiger partial charge in [0.05, 0.1) is 12.7 Å². The van der Waals surface area contributed by atoms with Crippen molar-refractivity contribution in [1.29, 1.82) is 0 Å². The van der Waals surface area contributed by atoms with Crippen LogP contribution in [0.4, 0.5) is 4.39 Å². The summed E-state index contributed by atoms with van der Waals surface area (Å²) in [5.74, 6) is -2.07. The van der Waals surface area contributed by atoms with Gasteiger partial charge in [-0.25, -0.2) is 4.39 Å². The number of ketones is 1. The zero-order chi connectivity index (χ0) is 17.0. The van der Waals surface area contributed by atoms with Crippen LogP contribution in [0.3, 0.4) is 0 Å². The van der Waals surface area contributed by atoms with Crippen LogP contribution in [-0.4, -0.2) is 30.7 Å². The van der Waals surface area contributed by atoms with Gasteiger partial charge in [0, 0.05) is 18.6 Å². The summed E-state index contributed by atoms with van der Waals surface area (Å²) in [5.41, 5.74) is 0.604. The molecule has 6 heteroatoms. The summed E-state index contributed by atoms with van der Waals surface area (Å²) in [7, 11) is 2.83. The number of ether oxygens (including phenoxy) is 1. The molecule has 2 aromatic rings. The topological polar surface area (TPSA) is 46.6 Å². The van der Waals surface area contributed by atoms with Gasteiger partial charge in [0.2, 0.25) is 0 Å². The second-order valence-electron chi connectivity index (χ2n) is 4.93. The first-order valence-electron chi connectivity index (χ1n) is 6.80. The molecule has 0 fully saturated rings. The third kappa shape index (κ3) is 3.87. The largest absolute Gasteiger partial charge is 0.496 e. The van der Waals surface area contributed by atoms with Gasteiger partial charge in [0.1, 0.15) is 11.6 Å². The Hall–Kier alpha value is -2.40. The lowest BCUT2D eigenvalue weighted by Gasteiger charge is -2.18. The Balaban J connectivity index is 2.21. The lowest BCUT2D eigenvalue weighted by molar-refractivity contribution is -0.125. The number of amides is 1. The molecule has 0 saturated heterocycles. The van der Waals surface area contributed by atoms with Gasteiger partial charge in [0.25, 0.3) is 11.7 Å². The summed E-state index contributed by atoms with van der Waals surface area (Å²) in [4.78, 5) is 25.8. The number of carbonyl (C=O) groups is 2. The van der Waals surface area contributed by atoms with Gasteiger partial charge in [-0.3, -0.25) is 9.59 Å². The monoisotopic (exact) mass is 335 g/mol. The second-order valence-corrected chi connectivity index (χ2v) is 5.33. The molecule has 0 saturated carbocycles. The Morgan fingerprint density at radius 1 is 1.22 bits per heavy atom. The fourth-order valence-corrected chi connectivity index (χ4v) is 2.30. The highest BCUT2D eigenvalue weighted by Crippen LogP contribution is 2.21. The van der Waals surface area contributed by atoms with E-state index in [-0.39, 0.29) is 17.9 Å². The molecule has 2 rings (SSSR count). The zero-order valence-electron chi connectivity index (χ0n) is 12.7. The van der Waals surface area contributed by atoms with Gasteiger partial charge in [-0.05, 0) is 29.8 Å². The maximum absolute atomic E-state index is 13.4. The van der Waals surface area contributed by atoms with E-state index in [1.165, 1.54) is 25.1 Å². The van der Waals surface area contributed by atoms with Crippen molar-refractivity contribution in [2.45, 2.75) is 6.54 Å². The number of hydrogen-bond acceptors (Lipinski definition) is 3. The van der Waals surface area contributed by atoms with E-state index in [1.807, 2.05) is 0 Å². The molecular weight excluding hydrogens is 321 g/mol. The molecule has 0 aromatic heterocycles. The Labute approximate surface area is 138 Å². The minimum Gasteiger partial charge on any atom is -0.496 e. The SMILES string of the molecule is COc1ccc(F)cc1C(=O)C(=O)N(C)Cc1ccccc1Cl. The molecule has 0 aliphatic carbocycles. The van der Waals surface area contributed by atoms with Crippen molar-refractivity contribution in [2.24, 2.45) is 0 Å². The third-order valence-corrected chi connectivity index (χ3v) is 3.68. The van der Waals surface area contributed by atoms with Gasteiger partial charge in [0.15, 0.2) is 0 Å². The van der Waals surface area contributed by atoms with E-state index in [0.717, 1.165) is 12.1 Å². The molecule has 4 nitrogen and oxygen atoms in total. The first-order valence-corrected chi connectivity index (χ1v) is 7.18. The number of likely N-dealkylation sites (N-methyl/N-ethyl adjacent to an activating group) is 1. The van der Waals surface area contributed by atoms with E-state index < -0.39 is 17.5 Å². The summed E-state index contributed by atoms with van der Waals surface area (Å²) >= 11 is 6.05. The molecule has 23 heavy (non-hydrogen) atoms. The molecule has 0 bridgehead atoms. The predicted octanol–water partition coefficient (Wildman–Crippen LogP) is 3.33. The fraction of sp³-hybridized carbons (Fsp3) is 0.176. The van der Waals surface area contributed by atoms with Crippen LogP contribution in [0.5, 0.6) is 5.75 Å². The molecule has 0 unspecified atom stereocenters. The summed E-state index contributed by atoms with van der Waals surface area (Å²) < 4.78 is 18.4. The van der Waals surface area contributed by atoms with Gasteiger partial charge >= 0.3 is 0 Å². The van der Waals surface area contributed by atoms with Crippen LogP contribution in [0, 0.1) is 5.82 Å². The lowest BCUT2D eigenvalue weighted by atomic mass is 10.1. The van der Waals surface area contributed by atoms with Crippen molar-refractivity contribution in [1.82, 2.24) is 4.90 Å². The highest BCUT2D eigenvalue weighted by atomic mass is 35.5. The second kappa shape index (κ2) is 7.24. The van der Waals surface area contributed by atoms with E-state index in [9.17, 15) is 14.0 Å². The highest BCUT2D eigenvalue weighted by Gasteiger charge is 2.24. The average Bonchev–Trinajstić information content (AvgIpc) is 2.55. The third-order valence-electron chi connectivity index (χ3n) is 3.31. The number of carbonyl (C=O) groups excluding carboxylic acids is 2. The molecule has 2 aromatic carbocycles. The predicted molar refractivity (Wildman–Crippen MR) is 85.2 cm³/mol. The van der Waals surface area contributed by atoms with Gasteiger partial charge in [-0.15, -0.1) is 0 Å². The molecule has 0 heterocycles. The van der Waals surface area contributed by atoms with Crippen molar-refractivity contribution < 1.29 is 18.7 Å². The molecule has 0 N–H and O–H groups in total. The lowest BCUT2D eigenvalue weighted by Crippen LogP contribution is -2.33. The number of rotatable bonds is 5. The molecule has 120 valence electrons. The molecule has 0 spiro atoms. The highest BCUT2D eigenvalue weighted by molar-refractivity contribution is 6.43. The van der Waals surface area contributed by atoms with Crippen molar-refractivity contribution in [3.05, 3.63) is 64.4 Å². The quantitative estimate of drug-likeness (QED) is 0.622. The molecule has 0 aliphatic heterocycles. The molecule has 1 amide bonds. The van der Waals surface area contributed by atoms with E-state index in [1.54, 1.807) is 24.3 Å². The van der Waals surface area contributed by atoms with Crippen molar-refractivity contribution >= 4 is 23.3 Å². The number of Topliss-reactive ketones (excluding diaryl/α,β-unsaturated/α-hetero) is 1. The van der Waals surface area contributed by atoms with E-state index in [0.29, 0.717) is 10.6 Å². The maximum atomic E-state index is 13.4. The maximum Gasteiger partial charge on any atom is 0.295 e. The van der Waals surface area contributed by atoms with Crippen LogP contribution in [0.25, 0.3) is 0 Å². The smallest absolute Gasteiger partial charge is 0.295 e. The normalized spacial score (nSPS) is 10.3. The molecular formula is C17H15ClFNO3. The van der Waals surface area contributed by atoms with Crippen LogP contribution in [0.15, 0.2) is 42.5 Å². The van der Waals surface area contributed by atoms with Crippen LogP contribution in [-0.2, 0) is 11.3 Å². The average molecular weight is 336 g/mol. The first kappa shape index (κ1) is 17.0. The molecule has 0 atom stereocenters. The number of methoxy groups -OCH3 is 1. The minimum absolute atomic E-state index is 0.108. The summed E-state index contributed by atoms with van der Waals surface area (Å²) in [6.45, 7) is 0.169. The van der Waals surface area contributed by atoms with E-state index in [2.05, 4.69) is 0 Å². The van der Waals surface area contributed by atoms with Crippen LogP contribution < -0.4 is 4.74 Å². The van der Waals surface area contributed by atoms with Gasteiger partial charge in [-0.1, -0.05) is 29.8 Å². The summed E-state index contributed by atoms with van der Waals surface area (Å²) in [6, 6.07) is 10.5. The summed E-state index contributed by atoms with van der Waals surface area (Å²) in [6.07, 6.45) is 0. The Kier molecular flexibility index (Phi) is 5.34. The van der Waals surface area contributed by atoms with Gasteiger partial charge in [-0.2, -0.15) is 0 Å². The number of nitrogens with zero attached hydrogens (tertiary/aromatic N) is 1. The molecule has 0 aliphatic rings. The van der Waals surface area contributed by atoms with Gasteiger partial charge < -0.3 is 9.64 Å². The number of hydrogen-bond donors (Lipinski definition) is 0. The number of benzene rings is 2. The zero-order valence-corrected chi connectivity index (χ0v) is 13.4. The Morgan fingerprint density at radius 3 is 2.57 bits per heavy atom. The molecule has 0 radical (unpaired) electrons. The Morgan fingerprint density at radius 2 is 1.91 bits per heavy atom. The van der Waals surface area contributed by atoms with Crippen molar-refractivity contribution in [3.8, 4) is 5.75 Å².